The minimum Gasteiger partial charge on any atom is -0.427 e. The number of aryl methyl sites for hydroxylation is 3. The van der Waals surface area contributed by atoms with Gasteiger partial charge in [0.15, 0.2) is 0 Å². The Morgan fingerprint density at radius 2 is 1.92 bits per heavy atom. The van der Waals surface area contributed by atoms with Crippen LogP contribution in [0.4, 0.5) is 0 Å². The van der Waals surface area contributed by atoms with Crippen LogP contribution in [0, 0.1) is 13.8 Å². The molecule has 0 bridgehead atoms. The van der Waals surface area contributed by atoms with Crippen molar-refractivity contribution in [3.63, 3.8) is 0 Å². The average molecular weight is 332 g/mol. The molecule has 0 N–H and O–H groups in total. The molecule has 2 heterocycles. The lowest BCUT2D eigenvalue weighted by molar-refractivity contribution is -0.131. The van der Waals surface area contributed by atoms with Crippen LogP contribution in [0.15, 0.2) is 36.7 Å². The predicted molar refractivity (Wildman–Crippen MR) is 101 cm³/mol. The van der Waals surface area contributed by atoms with E-state index in [1.807, 2.05) is 30.6 Å². The Hall–Kier alpha value is -2.88. The Morgan fingerprint density at radius 1 is 1.12 bits per heavy atom. The fourth-order valence-corrected chi connectivity index (χ4v) is 3.94. The monoisotopic (exact) mass is 332 g/mol. The molecule has 0 aliphatic heterocycles. The molecule has 25 heavy (non-hydrogen) atoms. The minimum absolute atomic E-state index is 0.305. The zero-order valence-corrected chi connectivity index (χ0v) is 14.9. The number of esters is 1. The summed E-state index contributed by atoms with van der Waals surface area (Å²) in [4.78, 5) is 15.6. The Labute approximate surface area is 146 Å². The number of benzene rings is 2. The van der Waals surface area contributed by atoms with Crippen LogP contribution in [0.2, 0.25) is 0 Å². The van der Waals surface area contributed by atoms with Crippen molar-refractivity contribution < 1.29 is 9.53 Å². The van der Waals surface area contributed by atoms with Gasteiger partial charge in [0.1, 0.15) is 5.75 Å². The van der Waals surface area contributed by atoms with Crippen LogP contribution in [0.5, 0.6) is 5.75 Å². The van der Waals surface area contributed by atoms with Gasteiger partial charge >= 0.3 is 5.97 Å². The first-order valence-corrected chi connectivity index (χ1v) is 8.50. The number of aromatic nitrogens is 2. The molecule has 2 aromatic carbocycles. The quantitative estimate of drug-likeness (QED) is 0.387. The number of carbonyl (C=O) groups is 1. The molecule has 0 aliphatic rings. The molecular weight excluding hydrogens is 312 g/mol. The van der Waals surface area contributed by atoms with E-state index in [-0.39, 0.29) is 5.97 Å². The number of hydrogen-bond donors (Lipinski definition) is 0. The summed E-state index contributed by atoms with van der Waals surface area (Å²) >= 11 is 0. The summed E-state index contributed by atoms with van der Waals surface area (Å²) in [6, 6.07) is 7.96. The van der Waals surface area contributed by atoms with E-state index in [1.165, 1.54) is 39.7 Å². The second kappa shape index (κ2) is 5.59. The molecule has 0 amide bonds. The van der Waals surface area contributed by atoms with E-state index in [2.05, 4.69) is 36.4 Å². The first-order valence-electron chi connectivity index (χ1n) is 8.50. The van der Waals surface area contributed by atoms with Gasteiger partial charge in [0.2, 0.25) is 0 Å². The summed E-state index contributed by atoms with van der Waals surface area (Å²) in [7, 11) is 0. The lowest BCUT2D eigenvalue weighted by atomic mass is 9.97. The zero-order chi connectivity index (χ0) is 17.7. The zero-order valence-electron chi connectivity index (χ0n) is 14.9. The number of rotatable bonds is 2. The largest absolute Gasteiger partial charge is 0.427 e. The minimum atomic E-state index is -0.305. The van der Waals surface area contributed by atoms with Gasteiger partial charge in [-0.15, -0.1) is 0 Å². The number of carbonyl (C=O) groups excluding carboxylic acids is 1. The van der Waals surface area contributed by atoms with Crippen molar-refractivity contribution in [1.29, 1.82) is 0 Å². The molecule has 0 radical (unpaired) electrons. The molecule has 4 rings (SSSR count). The maximum atomic E-state index is 11.3. The standard InChI is InChI=1S/C21H20N2O2/c1-5-23-19-7-6-15(25-14(4)24)10-17(19)20-12(2)18-11-22-9-8-16(18)13(3)21(20)23/h6-11H,5H2,1-4H3. The second-order valence-corrected chi connectivity index (χ2v) is 6.41. The molecule has 0 saturated carbocycles. The molecule has 0 atom stereocenters. The van der Waals surface area contributed by atoms with E-state index in [4.69, 9.17) is 4.74 Å². The van der Waals surface area contributed by atoms with Gasteiger partial charge in [0, 0.05) is 47.5 Å². The highest BCUT2D eigenvalue weighted by molar-refractivity contribution is 6.17. The summed E-state index contributed by atoms with van der Waals surface area (Å²) in [5.74, 6) is 0.277. The van der Waals surface area contributed by atoms with Crippen LogP contribution < -0.4 is 4.74 Å². The number of ether oxygens (including phenoxy) is 1. The third kappa shape index (κ3) is 2.21. The first-order chi connectivity index (χ1) is 12.0. The number of pyridine rings is 1. The van der Waals surface area contributed by atoms with Crippen LogP contribution in [-0.2, 0) is 11.3 Å². The van der Waals surface area contributed by atoms with Gasteiger partial charge in [-0.1, -0.05) is 0 Å². The van der Waals surface area contributed by atoms with Gasteiger partial charge in [-0.2, -0.15) is 0 Å². The van der Waals surface area contributed by atoms with E-state index in [0.29, 0.717) is 5.75 Å². The number of fused-ring (bicyclic) bond motifs is 4. The first kappa shape index (κ1) is 15.6. The molecule has 0 saturated heterocycles. The van der Waals surface area contributed by atoms with Gasteiger partial charge in [0.25, 0.3) is 0 Å². The second-order valence-electron chi connectivity index (χ2n) is 6.41. The van der Waals surface area contributed by atoms with Gasteiger partial charge in [-0.05, 0) is 61.5 Å². The smallest absolute Gasteiger partial charge is 0.308 e. The highest BCUT2D eigenvalue weighted by Gasteiger charge is 2.18. The van der Waals surface area contributed by atoms with Crippen LogP contribution >= 0.6 is 0 Å². The van der Waals surface area contributed by atoms with E-state index in [0.717, 1.165) is 17.4 Å². The maximum Gasteiger partial charge on any atom is 0.308 e. The number of nitrogens with zero attached hydrogens (tertiary/aromatic N) is 2. The van der Waals surface area contributed by atoms with Gasteiger partial charge < -0.3 is 9.30 Å². The summed E-state index contributed by atoms with van der Waals surface area (Å²) in [5, 5.41) is 4.73. The lowest BCUT2D eigenvalue weighted by Gasteiger charge is -2.11. The Bertz CT molecular complexity index is 1160. The summed E-state index contributed by atoms with van der Waals surface area (Å²) in [5.41, 5.74) is 4.86. The third-order valence-electron chi connectivity index (χ3n) is 4.97. The van der Waals surface area contributed by atoms with Crippen molar-refractivity contribution in [2.24, 2.45) is 0 Å². The topological polar surface area (TPSA) is 44.1 Å². The molecule has 0 spiro atoms. The number of hydrogen-bond acceptors (Lipinski definition) is 3. The molecule has 0 fully saturated rings. The Balaban J connectivity index is 2.23. The van der Waals surface area contributed by atoms with Crippen molar-refractivity contribution in [3.8, 4) is 5.75 Å². The van der Waals surface area contributed by atoms with Crippen LogP contribution in [0.3, 0.4) is 0 Å². The van der Waals surface area contributed by atoms with Crippen molar-refractivity contribution in [3.05, 3.63) is 47.8 Å². The van der Waals surface area contributed by atoms with E-state index >= 15 is 0 Å². The Morgan fingerprint density at radius 3 is 2.64 bits per heavy atom. The predicted octanol–water partition coefficient (Wildman–Crippen LogP) is 4.90. The highest BCUT2D eigenvalue weighted by Crippen LogP contribution is 2.39. The van der Waals surface area contributed by atoms with Crippen molar-refractivity contribution in [1.82, 2.24) is 9.55 Å². The molecule has 4 heteroatoms. The lowest BCUT2D eigenvalue weighted by Crippen LogP contribution is -2.01. The SMILES string of the molecule is CCn1c2ccc(OC(C)=O)cc2c2c(C)c3cnccc3c(C)c21. The summed E-state index contributed by atoms with van der Waals surface area (Å²) in [6.45, 7) is 8.77. The molecule has 4 aromatic rings. The average Bonchev–Trinajstić information content (AvgIpc) is 2.93. The molecule has 0 aliphatic carbocycles. The van der Waals surface area contributed by atoms with Crippen LogP contribution in [0.1, 0.15) is 25.0 Å². The Kier molecular flexibility index (Phi) is 3.49. The molecular formula is C21H20N2O2. The van der Waals surface area contributed by atoms with Gasteiger partial charge in [-0.25, -0.2) is 0 Å². The highest BCUT2D eigenvalue weighted by atomic mass is 16.5. The molecule has 2 aromatic heterocycles. The molecule has 126 valence electrons. The van der Waals surface area contributed by atoms with Gasteiger partial charge in [0.05, 0.1) is 5.52 Å². The maximum absolute atomic E-state index is 11.3. The van der Waals surface area contributed by atoms with E-state index in [9.17, 15) is 4.79 Å². The fraction of sp³-hybridized carbons (Fsp3) is 0.238. The molecule has 4 nitrogen and oxygen atoms in total. The summed E-state index contributed by atoms with van der Waals surface area (Å²) < 4.78 is 7.65. The van der Waals surface area contributed by atoms with Crippen molar-refractivity contribution >= 4 is 38.5 Å². The normalized spacial score (nSPS) is 11.5. The molecule has 0 unspecified atom stereocenters. The van der Waals surface area contributed by atoms with E-state index < -0.39 is 0 Å². The van der Waals surface area contributed by atoms with Crippen molar-refractivity contribution in [2.45, 2.75) is 34.2 Å². The van der Waals surface area contributed by atoms with Crippen LogP contribution in [-0.4, -0.2) is 15.5 Å². The van der Waals surface area contributed by atoms with Crippen molar-refractivity contribution in [2.75, 3.05) is 0 Å². The van der Waals surface area contributed by atoms with Gasteiger partial charge in [-0.3, -0.25) is 9.78 Å². The third-order valence-corrected chi connectivity index (χ3v) is 4.97. The summed E-state index contributed by atoms with van der Waals surface area (Å²) in [6.07, 6.45) is 3.78. The van der Waals surface area contributed by atoms with E-state index in [1.54, 1.807) is 0 Å². The fourth-order valence-electron chi connectivity index (χ4n) is 3.94. The van der Waals surface area contributed by atoms with Crippen LogP contribution in [0.25, 0.3) is 32.6 Å².